The predicted molar refractivity (Wildman–Crippen MR) is 124 cm³/mol. The lowest BCUT2D eigenvalue weighted by Gasteiger charge is -2.10. The highest BCUT2D eigenvalue weighted by Crippen LogP contribution is 2.47. The first-order chi connectivity index (χ1) is 14.5. The molecule has 4 aromatic rings. The quantitative estimate of drug-likeness (QED) is 0.348. The number of benzene rings is 3. The van der Waals surface area contributed by atoms with Crippen LogP contribution in [0.25, 0.3) is 21.6 Å². The second kappa shape index (κ2) is 8.66. The molecule has 0 spiro atoms. The summed E-state index contributed by atoms with van der Waals surface area (Å²) in [5.41, 5.74) is 3.69. The topological polar surface area (TPSA) is 46.2 Å². The summed E-state index contributed by atoms with van der Waals surface area (Å²) in [6.07, 6.45) is 0. The Kier molecular flexibility index (Phi) is 5.79. The molecule has 4 rings (SSSR count). The molecular weight excluding hydrogens is 414 g/mol. The molecule has 0 atom stereocenters. The third kappa shape index (κ3) is 4.06. The second-order valence-corrected chi connectivity index (χ2v) is 8.22. The zero-order chi connectivity index (χ0) is 21.1. The number of thiophene rings is 1. The highest BCUT2D eigenvalue weighted by molar-refractivity contribution is 7.20. The fourth-order valence-corrected chi connectivity index (χ4v) is 4.71. The Morgan fingerprint density at radius 3 is 2.00 bits per heavy atom. The Labute approximate surface area is 184 Å². The van der Waals surface area contributed by atoms with Crippen molar-refractivity contribution in [3.05, 3.63) is 101 Å². The summed E-state index contributed by atoms with van der Waals surface area (Å²) >= 11 is 7.51. The molecule has 1 aromatic heterocycles. The summed E-state index contributed by atoms with van der Waals surface area (Å²) < 4.78 is 0. The van der Waals surface area contributed by atoms with Gasteiger partial charge in [0, 0.05) is 28.0 Å². The van der Waals surface area contributed by atoms with Gasteiger partial charge in [-0.2, -0.15) is 0 Å². The van der Waals surface area contributed by atoms with Gasteiger partial charge in [-0.05, 0) is 23.3 Å². The fourth-order valence-electron chi connectivity index (χ4n) is 3.31. The number of amides is 1. The molecular formula is C25H18ClNO2S. The van der Waals surface area contributed by atoms with E-state index < -0.39 is 0 Å². The molecule has 0 fully saturated rings. The molecule has 5 heteroatoms. The van der Waals surface area contributed by atoms with Gasteiger partial charge < -0.3 is 5.32 Å². The highest BCUT2D eigenvalue weighted by Gasteiger charge is 2.27. The van der Waals surface area contributed by atoms with Crippen molar-refractivity contribution in [3.8, 4) is 21.6 Å². The van der Waals surface area contributed by atoms with E-state index in [1.165, 1.54) is 18.3 Å². The summed E-state index contributed by atoms with van der Waals surface area (Å²) in [5, 5.41) is 4.03. The number of hydrogen-bond donors (Lipinski definition) is 1. The fraction of sp³-hybridized carbons (Fsp3) is 0.0400. The maximum Gasteiger partial charge on any atom is 0.221 e. The molecule has 1 heterocycles. The number of hydrogen-bond acceptors (Lipinski definition) is 3. The van der Waals surface area contributed by atoms with Crippen molar-refractivity contribution >= 4 is 39.6 Å². The number of rotatable bonds is 5. The van der Waals surface area contributed by atoms with Crippen molar-refractivity contribution < 1.29 is 9.59 Å². The molecule has 0 bridgehead atoms. The Morgan fingerprint density at radius 2 is 1.40 bits per heavy atom. The molecule has 1 N–H and O–H groups in total. The van der Waals surface area contributed by atoms with E-state index in [1.54, 1.807) is 24.3 Å². The van der Waals surface area contributed by atoms with E-state index in [1.807, 2.05) is 60.7 Å². The minimum absolute atomic E-state index is 0.136. The lowest BCUT2D eigenvalue weighted by Crippen LogP contribution is -2.10. The van der Waals surface area contributed by atoms with Gasteiger partial charge in [0.25, 0.3) is 0 Å². The predicted octanol–water partition coefficient (Wildman–Crippen LogP) is 6.92. The summed E-state index contributed by atoms with van der Waals surface area (Å²) in [4.78, 5) is 26.4. The van der Waals surface area contributed by atoms with Crippen LogP contribution in [0.1, 0.15) is 22.8 Å². The first-order valence-corrected chi connectivity index (χ1v) is 10.6. The van der Waals surface area contributed by atoms with Gasteiger partial charge in [-0.25, -0.2) is 0 Å². The molecule has 0 aliphatic rings. The molecule has 0 radical (unpaired) electrons. The van der Waals surface area contributed by atoms with Gasteiger partial charge in [0.2, 0.25) is 5.91 Å². The van der Waals surface area contributed by atoms with E-state index in [4.69, 9.17) is 11.6 Å². The molecule has 0 aliphatic heterocycles. The molecule has 0 unspecified atom stereocenters. The Bertz CT molecular complexity index is 1200. The molecule has 148 valence electrons. The SMILES string of the molecule is CC(=O)Nc1sc(-c2ccccc2)c(-c2ccc(Cl)cc2)c1C(=O)c1ccccc1. The molecule has 0 aliphatic carbocycles. The van der Waals surface area contributed by atoms with E-state index >= 15 is 0 Å². The van der Waals surface area contributed by atoms with Crippen LogP contribution in [0.5, 0.6) is 0 Å². The minimum Gasteiger partial charge on any atom is -0.317 e. The van der Waals surface area contributed by atoms with E-state index in [9.17, 15) is 9.59 Å². The lowest BCUT2D eigenvalue weighted by atomic mass is 9.93. The van der Waals surface area contributed by atoms with E-state index in [0.717, 1.165) is 21.6 Å². The zero-order valence-corrected chi connectivity index (χ0v) is 17.8. The maximum atomic E-state index is 13.6. The number of carbonyl (C=O) groups excluding carboxylic acids is 2. The average Bonchev–Trinajstić information content (AvgIpc) is 3.13. The number of anilines is 1. The smallest absolute Gasteiger partial charge is 0.221 e. The second-order valence-electron chi connectivity index (χ2n) is 6.76. The average molecular weight is 432 g/mol. The zero-order valence-electron chi connectivity index (χ0n) is 16.2. The normalized spacial score (nSPS) is 10.6. The standard InChI is InChI=1S/C25H18ClNO2S/c1-16(28)27-25-22(23(29)18-8-4-2-5-9-18)21(17-12-14-20(26)15-13-17)24(30-25)19-10-6-3-7-11-19/h2-15H,1H3,(H,27,28). The third-order valence-corrected chi connectivity index (χ3v) is 6.04. The first kappa shape index (κ1) is 20.1. The van der Waals surface area contributed by atoms with Gasteiger partial charge in [-0.15, -0.1) is 11.3 Å². The summed E-state index contributed by atoms with van der Waals surface area (Å²) in [7, 11) is 0. The van der Waals surface area contributed by atoms with Crippen LogP contribution in [-0.2, 0) is 4.79 Å². The number of carbonyl (C=O) groups is 2. The van der Waals surface area contributed by atoms with Crippen molar-refractivity contribution in [1.82, 2.24) is 0 Å². The van der Waals surface area contributed by atoms with Gasteiger partial charge in [-0.1, -0.05) is 84.4 Å². The Morgan fingerprint density at radius 1 is 0.800 bits per heavy atom. The van der Waals surface area contributed by atoms with Crippen LogP contribution < -0.4 is 5.32 Å². The summed E-state index contributed by atoms with van der Waals surface area (Å²) in [6.45, 7) is 1.45. The number of ketones is 1. The third-order valence-electron chi connectivity index (χ3n) is 4.63. The molecule has 3 nitrogen and oxygen atoms in total. The van der Waals surface area contributed by atoms with Gasteiger partial charge in [0.1, 0.15) is 5.00 Å². The maximum absolute atomic E-state index is 13.6. The molecule has 0 saturated heterocycles. The van der Waals surface area contributed by atoms with Crippen LogP contribution in [0.3, 0.4) is 0 Å². The Hall–Kier alpha value is -3.21. The van der Waals surface area contributed by atoms with Crippen LogP contribution in [0.15, 0.2) is 84.9 Å². The largest absolute Gasteiger partial charge is 0.317 e. The van der Waals surface area contributed by atoms with Crippen molar-refractivity contribution in [2.75, 3.05) is 5.32 Å². The van der Waals surface area contributed by atoms with Gasteiger partial charge in [0.05, 0.1) is 5.56 Å². The van der Waals surface area contributed by atoms with E-state index in [2.05, 4.69) is 5.32 Å². The first-order valence-electron chi connectivity index (χ1n) is 9.40. The number of nitrogens with one attached hydrogen (secondary N) is 1. The van der Waals surface area contributed by atoms with Crippen LogP contribution in [0, 0.1) is 0 Å². The monoisotopic (exact) mass is 431 g/mol. The van der Waals surface area contributed by atoms with E-state index in [0.29, 0.717) is 21.2 Å². The summed E-state index contributed by atoms with van der Waals surface area (Å²) in [6, 6.07) is 26.4. The lowest BCUT2D eigenvalue weighted by molar-refractivity contribution is -0.114. The van der Waals surface area contributed by atoms with Crippen molar-refractivity contribution in [3.63, 3.8) is 0 Å². The molecule has 30 heavy (non-hydrogen) atoms. The molecule has 3 aromatic carbocycles. The van der Waals surface area contributed by atoms with Gasteiger partial charge in [-0.3, -0.25) is 9.59 Å². The van der Waals surface area contributed by atoms with Crippen LogP contribution in [-0.4, -0.2) is 11.7 Å². The van der Waals surface area contributed by atoms with Crippen molar-refractivity contribution in [2.45, 2.75) is 6.92 Å². The van der Waals surface area contributed by atoms with Gasteiger partial charge >= 0.3 is 0 Å². The highest BCUT2D eigenvalue weighted by atomic mass is 35.5. The van der Waals surface area contributed by atoms with Crippen molar-refractivity contribution in [2.24, 2.45) is 0 Å². The number of halogens is 1. The van der Waals surface area contributed by atoms with Crippen LogP contribution in [0.4, 0.5) is 5.00 Å². The van der Waals surface area contributed by atoms with Crippen LogP contribution >= 0.6 is 22.9 Å². The van der Waals surface area contributed by atoms with Crippen molar-refractivity contribution in [1.29, 1.82) is 0 Å². The Balaban J connectivity index is 2.02. The van der Waals surface area contributed by atoms with Crippen LogP contribution in [0.2, 0.25) is 5.02 Å². The van der Waals surface area contributed by atoms with E-state index in [-0.39, 0.29) is 11.7 Å². The van der Waals surface area contributed by atoms with Gasteiger partial charge in [0.15, 0.2) is 5.78 Å². The summed E-state index contributed by atoms with van der Waals surface area (Å²) in [5.74, 6) is -0.358. The molecule has 1 amide bonds. The molecule has 0 saturated carbocycles. The minimum atomic E-state index is -0.222.